The lowest BCUT2D eigenvalue weighted by atomic mass is 10.2. The van der Waals surface area contributed by atoms with E-state index in [0.29, 0.717) is 6.54 Å². The minimum absolute atomic E-state index is 0.455. The first kappa shape index (κ1) is 8.90. The second-order valence-electron chi connectivity index (χ2n) is 3.06. The summed E-state index contributed by atoms with van der Waals surface area (Å²) in [6.07, 6.45) is 5.39. The Hall–Kier alpha value is -1.68. The molecule has 0 unspecified atom stereocenters. The van der Waals surface area contributed by atoms with Crippen LogP contribution in [0.3, 0.4) is 0 Å². The number of hydrogen-bond acceptors (Lipinski definition) is 3. The zero-order chi connectivity index (χ0) is 9.97. The summed E-state index contributed by atoms with van der Waals surface area (Å²) >= 11 is 0. The van der Waals surface area contributed by atoms with Gasteiger partial charge in [0.15, 0.2) is 0 Å². The first-order chi connectivity index (χ1) is 6.83. The van der Waals surface area contributed by atoms with E-state index in [9.17, 15) is 0 Å². The highest BCUT2D eigenvalue weighted by molar-refractivity contribution is 5.57. The van der Waals surface area contributed by atoms with Crippen molar-refractivity contribution in [3.05, 3.63) is 36.5 Å². The van der Waals surface area contributed by atoms with Gasteiger partial charge >= 0.3 is 0 Å². The van der Waals surface area contributed by atoms with E-state index in [0.717, 1.165) is 17.1 Å². The third kappa shape index (κ3) is 1.40. The quantitative estimate of drug-likeness (QED) is 0.763. The molecule has 0 saturated heterocycles. The third-order valence-electron chi connectivity index (χ3n) is 2.22. The highest BCUT2D eigenvalue weighted by Gasteiger charge is 2.06. The van der Waals surface area contributed by atoms with Gasteiger partial charge in [-0.15, -0.1) is 0 Å². The molecule has 2 N–H and O–H groups in total. The van der Waals surface area contributed by atoms with Crippen molar-refractivity contribution < 1.29 is 0 Å². The fraction of sp³-hybridized carbons (Fsp3) is 0.200. The summed E-state index contributed by atoms with van der Waals surface area (Å²) in [6.45, 7) is 0.455. The van der Waals surface area contributed by atoms with Gasteiger partial charge in [0.05, 0.1) is 18.4 Å². The zero-order valence-corrected chi connectivity index (χ0v) is 8.01. The van der Waals surface area contributed by atoms with Gasteiger partial charge in [0, 0.05) is 25.0 Å². The van der Waals surface area contributed by atoms with E-state index in [1.165, 1.54) is 0 Å². The van der Waals surface area contributed by atoms with Crippen LogP contribution in [0.25, 0.3) is 11.3 Å². The van der Waals surface area contributed by atoms with E-state index in [4.69, 9.17) is 5.73 Å². The average molecular weight is 188 g/mol. The van der Waals surface area contributed by atoms with Crippen molar-refractivity contribution in [3.8, 4) is 11.3 Å². The minimum Gasteiger partial charge on any atom is -0.330 e. The van der Waals surface area contributed by atoms with Crippen molar-refractivity contribution in [3.63, 3.8) is 0 Å². The molecule has 0 fully saturated rings. The number of imidazole rings is 1. The van der Waals surface area contributed by atoms with Crippen molar-refractivity contribution >= 4 is 0 Å². The normalized spacial score (nSPS) is 10.4. The van der Waals surface area contributed by atoms with Gasteiger partial charge in [0.1, 0.15) is 5.82 Å². The SMILES string of the molecule is Cn1c(-c2cccnc2)cnc1CN. The van der Waals surface area contributed by atoms with Gasteiger partial charge in [-0.3, -0.25) is 4.98 Å². The maximum atomic E-state index is 5.54. The smallest absolute Gasteiger partial charge is 0.122 e. The summed E-state index contributed by atoms with van der Waals surface area (Å²) < 4.78 is 1.98. The lowest BCUT2D eigenvalue weighted by Crippen LogP contribution is -2.05. The van der Waals surface area contributed by atoms with Crippen molar-refractivity contribution in [1.29, 1.82) is 0 Å². The molecule has 2 aromatic rings. The molecule has 2 aromatic heterocycles. The zero-order valence-electron chi connectivity index (χ0n) is 8.01. The number of pyridine rings is 1. The van der Waals surface area contributed by atoms with Crippen LogP contribution in [-0.4, -0.2) is 14.5 Å². The fourth-order valence-electron chi connectivity index (χ4n) is 1.42. The standard InChI is InChI=1S/C10H12N4/c1-14-9(7-13-10(14)5-11)8-3-2-4-12-6-8/h2-4,6-7H,5,11H2,1H3. The number of nitrogens with zero attached hydrogens (tertiary/aromatic N) is 3. The maximum Gasteiger partial charge on any atom is 0.122 e. The molecule has 4 heteroatoms. The fourth-order valence-corrected chi connectivity index (χ4v) is 1.42. The van der Waals surface area contributed by atoms with E-state index in [1.54, 1.807) is 6.20 Å². The molecule has 4 nitrogen and oxygen atoms in total. The molecule has 0 spiro atoms. The van der Waals surface area contributed by atoms with Crippen molar-refractivity contribution in [2.24, 2.45) is 12.8 Å². The first-order valence-corrected chi connectivity index (χ1v) is 4.44. The van der Waals surface area contributed by atoms with Crippen LogP contribution in [0, 0.1) is 0 Å². The van der Waals surface area contributed by atoms with Crippen molar-refractivity contribution in [2.75, 3.05) is 0 Å². The number of aromatic nitrogens is 3. The second-order valence-corrected chi connectivity index (χ2v) is 3.06. The molecule has 0 bridgehead atoms. The Morgan fingerprint density at radius 3 is 2.86 bits per heavy atom. The van der Waals surface area contributed by atoms with Crippen LogP contribution >= 0.6 is 0 Å². The molecule has 2 heterocycles. The predicted molar refractivity (Wildman–Crippen MR) is 54.3 cm³/mol. The van der Waals surface area contributed by atoms with Crippen LogP contribution in [0.2, 0.25) is 0 Å². The summed E-state index contributed by atoms with van der Waals surface area (Å²) in [5.41, 5.74) is 7.64. The molecule has 0 aliphatic carbocycles. The largest absolute Gasteiger partial charge is 0.330 e. The monoisotopic (exact) mass is 188 g/mol. The lowest BCUT2D eigenvalue weighted by molar-refractivity contribution is 0.798. The third-order valence-corrected chi connectivity index (χ3v) is 2.22. The van der Waals surface area contributed by atoms with Crippen LogP contribution < -0.4 is 5.73 Å². The molecule has 0 aliphatic rings. The Kier molecular flexibility index (Phi) is 2.28. The molecule has 2 rings (SSSR count). The molecule has 0 aromatic carbocycles. The van der Waals surface area contributed by atoms with Crippen LogP contribution in [0.15, 0.2) is 30.7 Å². The van der Waals surface area contributed by atoms with Crippen LogP contribution in [-0.2, 0) is 13.6 Å². The van der Waals surface area contributed by atoms with Crippen molar-refractivity contribution in [2.45, 2.75) is 6.54 Å². The molecular formula is C10H12N4. The number of nitrogens with two attached hydrogens (primary N) is 1. The van der Waals surface area contributed by atoms with E-state index >= 15 is 0 Å². The number of hydrogen-bond donors (Lipinski definition) is 1. The van der Waals surface area contributed by atoms with Gasteiger partial charge in [-0.25, -0.2) is 4.98 Å². The first-order valence-electron chi connectivity index (χ1n) is 4.44. The van der Waals surface area contributed by atoms with Crippen LogP contribution in [0.1, 0.15) is 5.82 Å². The van der Waals surface area contributed by atoms with Gasteiger partial charge < -0.3 is 10.3 Å². The molecule has 0 radical (unpaired) electrons. The van der Waals surface area contributed by atoms with E-state index in [2.05, 4.69) is 9.97 Å². The predicted octanol–water partition coefficient (Wildman–Crippen LogP) is 0.941. The summed E-state index contributed by atoms with van der Waals surface area (Å²) in [6, 6.07) is 3.91. The molecule has 0 aliphatic heterocycles. The second kappa shape index (κ2) is 3.59. The molecule has 0 saturated carbocycles. The van der Waals surface area contributed by atoms with Crippen LogP contribution in [0.5, 0.6) is 0 Å². The average Bonchev–Trinajstić information content (AvgIpc) is 2.61. The minimum atomic E-state index is 0.455. The summed E-state index contributed by atoms with van der Waals surface area (Å²) in [4.78, 5) is 8.29. The topological polar surface area (TPSA) is 56.7 Å². The molecular weight excluding hydrogens is 176 g/mol. The summed E-state index contributed by atoms with van der Waals surface area (Å²) in [5, 5.41) is 0. The van der Waals surface area contributed by atoms with Gasteiger partial charge in [-0.05, 0) is 12.1 Å². The Labute approximate surface area is 82.4 Å². The van der Waals surface area contributed by atoms with Gasteiger partial charge in [0.25, 0.3) is 0 Å². The number of rotatable bonds is 2. The Bertz CT molecular complexity index is 419. The van der Waals surface area contributed by atoms with E-state index in [1.807, 2.05) is 36.1 Å². The van der Waals surface area contributed by atoms with E-state index < -0.39 is 0 Å². The Balaban J connectivity index is 2.48. The van der Waals surface area contributed by atoms with Gasteiger partial charge in [-0.2, -0.15) is 0 Å². The molecule has 14 heavy (non-hydrogen) atoms. The molecule has 0 atom stereocenters. The maximum absolute atomic E-state index is 5.54. The van der Waals surface area contributed by atoms with Crippen molar-refractivity contribution in [1.82, 2.24) is 14.5 Å². The van der Waals surface area contributed by atoms with Gasteiger partial charge in [0.2, 0.25) is 0 Å². The Morgan fingerprint density at radius 1 is 1.43 bits per heavy atom. The summed E-state index contributed by atoms with van der Waals surface area (Å²) in [7, 11) is 1.96. The lowest BCUT2D eigenvalue weighted by Gasteiger charge is -2.03. The molecule has 0 amide bonds. The highest BCUT2D eigenvalue weighted by atomic mass is 15.1. The van der Waals surface area contributed by atoms with Crippen LogP contribution in [0.4, 0.5) is 0 Å². The van der Waals surface area contributed by atoms with E-state index in [-0.39, 0.29) is 0 Å². The van der Waals surface area contributed by atoms with Gasteiger partial charge in [-0.1, -0.05) is 0 Å². The summed E-state index contributed by atoms with van der Waals surface area (Å²) in [5.74, 6) is 0.879. The highest BCUT2D eigenvalue weighted by Crippen LogP contribution is 2.17. The Morgan fingerprint density at radius 2 is 2.29 bits per heavy atom. The molecule has 72 valence electrons.